The van der Waals surface area contributed by atoms with E-state index in [2.05, 4.69) is 10.6 Å². The van der Waals surface area contributed by atoms with Gasteiger partial charge in [0.1, 0.15) is 17.6 Å². The second-order valence-electron chi connectivity index (χ2n) is 14.9. The van der Waals surface area contributed by atoms with Crippen molar-refractivity contribution in [1.82, 2.24) is 20.4 Å². The molecular formula is C37H46N4O7. The van der Waals surface area contributed by atoms with Gasteiger partial charge in [0.2, 0.25) is 5.91 Å². The highest BCUT2D eigenvalue weighted by molar-refractivity contribution is 6.10. The fraction of sp³-hybridized carbons (Fsp3) is 0.541. The molecule has 256 valence electrons. The van der Waals surface area contributed by atoms with Crippen molar-refractivity contribution in [3.63, 3.8) is 0 Å². The largest absolute Gasteiger partial charge is 0.480 e. The van der Waals surface area contributed by atoms with Crippen LogP contribution in [0.2, 0.25) is 0 Å². The Labute approximate surface area is 281 Å². The number of aliphatic carboxylic acids is 1. The third-order valence-electron chi connectivity index (χ3n) is 11.1. The molecule has 48 heavy (non-hydrogen) atoms. The van der Waals surface area contributed by atoms with E-state index in [4.69, 9.17) is 4.74 Å². The Hall–Kier alpha value is -4.41. The van der Waals surface area contributed by atoms with Crippen molar-refractivity contribution < 1.29 is 33.8 Å². The lowest BCUT2D eigenvalue weighted by molar-refractivity contribution is -0.142. The lowest BCUT2D eigenvalue weighted by atomic mass is 9.50. The zero-order valence-corrected chi connectivity index (χ0v) is 27.9. The van der Waals surface area contributed by atoms with Gasteiger partial charge < -0.3 is 25.4 Å². The highest BCUT2D eigenvalue weighted by atomic mass is 16.5. The van der Waals surface area contributed by atoms with Gasteiger partial charge in [0.25, 0.3) is 5.91 Å². The summed E-state index contributed by atoms with van der Waals surface area (Å²) in [5.74, 6) is -1.04. The van der Waals surface area contributed by atoms with E-state index in [-0.39, 0.29) is 18.6 Å². The molecule has 7 rings (SSSR count). The molecule has 0 unspecified atom stereocenters. The number of nitrogens with zero attached hydrogens (tertiary/aromatic N) is 2. The number of carbonyl (C=O) groups excluding carboxylic acids is 4. The Morgan fingerprint density at radius 3 is 2.02 bits per heavy atom. The van der Waals surface area contributed by atoms with E-state index >= 15 is 0 Å². The lowest BCUT2D eigenvalue weighted by Gasteiger charge is -2.56. The van der Waals surface area contributed by atoms with Gasteiger partial charge in [-0.3, -0.25) is 9.59 Å². The Kier molecular flexibility index (Phi) is 9.24. The molecule has 0 aromatic heterocycles. The Morgan fingerprint density at radius 2 is 1.48 bits per heavy atom. The molecule has 4 aliphatic carbocycles. The van der Waals surface area contributed by atoms with E-state index in [0.717, 1.165) is 29.7 Å². The van der Waals surface area contributed by atoms with Crippen LogP contribution in [-0.2, 0) is 31.2 Å². The SMILES string of the molecule is CC(C)[C@@H](C(=O)NC[C@H](NC(=O)OCC12CC3CC(CC(C3)C1)C2)C(=O)O)N1C(=O)N(Cc2ccccc2)[C@@](C)(c2ccccc2)C1=O. The Balaban J connectivity index is 1.14. The van der Waals surface area contributed by atoms with Crippen LogP contribution in [0.25, 0.3) is 0 Å². The van der Waals surface area contributed by atoms with Crippen LogP contribution in [0.1, 0.15) is 70.4 Å². The summed E-state index contributed by atoms with van der Waals surface area (Å²) < 4.78 is 5.61. The van der Waals surface area contributed by atoms with Crippen molar-refractivity contribution in [2.24, 2.45) is 29.1 Å². The minimum absolute atomic E-state index is 0.0268. The van der Waals surface area contributed by atoms with Crippen LogP contribution in [0.15, 0.2) is 60.7 Å². The third-order valence-corrected chi connectivity index (χ3v) is 11.1. The smallest absolute Gasteiger partial charge is 0.407 e. The fourth-order valence-corrected chi connectivity index (χ4v) is 9.13. The summed E-state index contributed by atoms with van der Waals surface area (Å²) in [6, 6.07) is 15.0. The molecule has 11 nitrogen and oxygen atoms in total. The van der Waals surface area contributed by atoms with Gasteiger partial charge in [0.15, 0.2) is 0 Å². The van der Waals surface area contributed by atoms with Crippen LogP contribution in [-0.4, -0.2) is 70.0 Å². The van der Waals surface area contributed by atoms with Crippen LogP contribution >= 0.6 is 0 Å². The molecule has 0 radical (unpaired) electrons. The summed E-state index contributed by atoms with van der Waals surface area (Å²) in [6.07, 6.45) is 6.07. The minimum atomic E-state index is -1.47. The number of imide groups is 1. The van der Waals surface area contributed by atoms with Gasteiger partial charge in [-0.25, -0.2) is 19.3 Å². The zero-order valence-electron chi connectivity index (χ0n) is 27.9. The second-order valence-corrected chi connectivity index (χ2v) is 14.9. The Bertz CT molecular complexity index is 1510. The van der Waals surface area contributed by atoms with Crippen molar-refractivity contribution in [1.29, 1.82) is 0 Å². The molecule has 3 N–H and O–H groups in total. The molecule has 4 bridgehead atoms. The van der Waals surface area contributed by atoms with Crippen molar-refractivity contribution in [3.8, 4) is 0 Å². The summed E-state index contributed by atoms with van der Waals surface area (Å²) >= 11 is 0. The van der Waals surface area contributed by atoms with E-state index in [1.807, 2.05) is 36.4 Å². The van der Waals surface area contributed by atoms with E-state index < -0.39 is 60.0 Å². The number of rotatable bonds is 12. The zero-order chi connectivity index (χ0) is 34.2. The predicted molar refractivity (Wildman–Crippen MR) is 176 cm³/mol. The molecule has 0 spiro atoms. The molecule has 5 aliphatic rings. The number of carboxylic acid groups (broad SMARTS) is 1. The number of ether oxygens (including phenoxy) is 1. The van der Waals surface area contributed by atoms with Gasteiger partial charge in [-0.1, -0.05) is 74.5 Å². The first-order valence-corrected chi connectivity index (χ1v) is 17.1. The molecule has 3 atom stereocenters. The first kappa shape index (κ1) is 33.5. The maximum absolute atomic E-state index is 14.3. The number of carbonyl (C=O) groups is 5. The van der Waals surface area contributed by atoms with Gasteiger partial charge >= 0.3 is 18.1 Å². The highest BCUT2D eigenvalue weighted by Gasteiger charge is 2.58. The molecule has 5 amide bonds. The van der Waals surface area contributed by atoms with E-state index in [0.29, 0.717) is 23.3 Å². The standard InChI is InChI=1S/C37H46N4O7/c1-23(2)30(41-33(45)36(3,28-12-8-5-9-13-28)40(35(41)47)21-24-10-6-4-7-11-24)31(42)38-20-29(32(43)44)39-34(46)48-22-37-17-25-14-26(18-37)16-27(15-25)19-37/h4-13,23,25-27,29-30H,14-22H2,1-3H3,(H,38,42)(H,39,46)(H,43,44)/t25?,26?,27?,29-,30-,36-,37?/m0/s1. The molecule has 2 aromatic rings. The Morgan fingerprint density at radius 1 is 0.917 bits per heavy atom. The number of amides is 5. The normalized spacial score (nSPS) is 28.8. The topological polar surface area (TPSA) is 145 Å². The number of hydrogen-bond acceptors (Lipinski definition) is 6. The number of benzene rings is 2. The van der Waals surface area contributed by atoms with Crippen LogP contribution in [0.3, 0.4) is 0 Å². The summed E-state index contributed by atoms with van der Waals surface area (Å²) in [7, 11) is 0. The van der Waals surface area contributed by atoms with Crippen LogP contribution in [0.5, 0.6) is 0 Å². The maximum Gasteiger partial charge on any atom is 0.407 e. The van der Waals surface area contributed by atoms with Crippen LogP contribution in [0, 0.1) is 29.1 Å². The summed E-state index contributed by atoms with van der Waals surface area (Å²) in [6.45, 7) is 5.06. The van der Waals surface area contributed by atoms with Crippen molar-refractivity contribution in [2.45, 2.75) is 83.5 Å². The number of urea groups is 1. The van der Waals surface area contributed by atoms with E-state index in [1.165, 1.54) is 24.2 Å². The highest BCUT2D eigenvalue weighted by Crippen LogP contribution is 2.60. The lowest BCUT2D eigenvalue weighted by Crippen LogP contribution is -2.56. The number of carboxylic acids is 1. The van der Waals surface area contributed by atoms with E-state index in [9.17, 15) is 29.1 Å². The van der Waals surface area contributed by atoms with E-state index in [1.54, 1.807) is 45.0 Å². The van der Waals surface area contributed by atoms with Crippen molar-refractivity contribution >= 4 is 29.9 Å². The first-order chi connectivity index (χ1) is 22.9. The average Bonchev–Trinajstić information content (AvgIpc) is 3.23. The van der Waals surface area contributed by atoms with Gasteiger partial charge in [0.05, 0.1) is 6.61 Å². The molecular weight excluding hydrogens is 612 g/mol. The molecule has 1 saturated heterocycles. The molecule has 4 saturated carbocycles. The van der Waals surface area contributed by atoms with Crippen molar-refractivity contribution in [3.05, 3.63) is 71.8 Å². The van der Waals surface area contributed by atoms with Gasteiger partial charge in [0, 0.05) is 18.5 Å². The summed E-state index contributed by atoms with van der Waals surface area (Å²) in [5.41, 5.74) is -0.000642. The number of alkyl carbamates (subject to hydrolysis) is 1. The first-order valence-electron chi connectivity index (χ1n) is 17.1. The average molecular weight is 659 g/mol. The molecule has 1 aliphatic heterocycles. The quantitative estimate of drug-likeness (QED) is 0.275. The molecule has 5 fully saturated rings. The van der Waals surface area contributed by atoms with Crippen LogP contribution in [0.4, 0.5) is 9.59 Å². The fourth-order valence-electron chi connectivity index (χ4n) is 9.13. The molecule has 1 heterocycles. The molecule has 11 heteroatoms. The van der Waals surface area contributed by atoms with Gasteiger partial charge in [-0.15, -0.1) is 0 Å². The summed E-state index contributed by atoms with van der Waals surface area (Å²) in [4.78, 5) is 69.6. The van der Waals surface area contributed by atoms with Gasteiger partial charge in [-0.05, 0) is 80.2 Å². The minimum Gasteiger partial charge on any atom is -0.480 e. The maximum atomic E-state index is 14.3. The second kappa shape index (κ2) is 13.2. The third kappa shape index (κ3) is 6.39. The van der Waals surface area contributed by atoms with Crippen molar-refractivity contribution in [2.75, 3.05) is 13.2 Å². The van der Waals surface area contributed by atoms with Crippen LogP contribution < -0.4 is 10.6 Å². The predicted octanol–water partition coefficient (Wildman–Crippen LogP) is 4.90. The summed E-state index contributed by atoms with van der Waals surface area (Å²) in [5, 5.41) is 14.9. The molecule has 2 aromatic carbocycles. The van der Waals surface area contributed by atoms with Gasteiger partial charge in [-0.2, -0.15) is 0 Å². The number of nitrogens with one attached hydrogen (secondary N) is 2. The monoisotopic (exact) mass is 658 g/mol. The number of hydrogen-bond donors (Lipinski definition) is 3.